The molecule has 22 heavy (non-hydrogen) atoms. The SMILES string of the molecule is Cc1cc(C(=O)Nc2cccc(C#N)c2)c2ccccc2n1. The number of aryl methyl sites for hydroxylation is 1. The number of carbonyl (C=O) groups is 1. The quantitative estimate of drug-likeness (QED) is 0.782. The van der Waals surface area contributed by atoms with E-state index in [1.165, 1.54) is 0 Å². The summed E-state index contributed by atoms with van der Waals surface area (Å²) < 4.78 is 0. The average Bonchev–Trinajstić information content (AvgIpc) is 2.54. The summed E-state index contributed by atoms with van der Waals surface area (Å²) in [6, 6.07) is 18.2. The van der Waals surface area contributed by atoms with Crippen LogP contribution in [0.5, 0.6) is 0 Å². The standard InChI is InChI=1S/C18H13N3O/c1-12-9-16(15-7-2-3-8-17(15)20-12)18(22)21-14-6-4-5-13(10-14)11-19/h2-10H,1H3,(H,21,22). The number of benzene rings is 2. The van der Waals surface area contributed by atoms with Crippen LogP contribution in [0.4, 0.5) is 5.69 Å². The van der Waals surface area contributed by atoms with E-state index in [0.29, 0.717) is 16.8 Å². The molecule has 106 valence electrons. The molecule has 0 aliphatic heterocycles. The van der Waals surface area contributed by atoms with Crippen LogP contribution >= 0.6 is 0 Å². The molecule has 0 aliphatic carbocycles. The van der Waals surface area contributed by atoms with Gasteiger partial charge in [-0.2, -0.15) is 5.26 Å². The van der Waals surface area contributed by atoms with Gasteiger partial charge in [0.15, 0.2) is 0 Å². The zero-order valence-corrected chi connectivity index (χ0v) is 12.0. The summed E-state index contributed by atoms with van der Waals surface area (Å²) in [7, 11) is 0. The van der Waals surface area contributed by atoms with Gasteiger partial charge >= 0.3 is 0 Å². The second-order valence-corrected chi connectivity index (χ2v) is 4.98. The number of aromatic nitrogens is 1. The lowest BCUT2D eigenvalue weighted by Gasteiger charge is -2.09. The van der Waals surface area contributed by atoms with Gasteiger partial charge in [-0.3, -0.25) is 9.78 Å². The van der Waals surface area contributed by atoms with E-state index < -0.39 is 0 Å². The average molecular weight is 287 g/mol. The first-order valence-corrected chi connectivity index (χ1v) is 6.85. The molecular formula is C18H13N3O. The maximum atomic E-state index is 12.6. The largest absolute Gasteiger partial charge is 0.322 e. The first-order chi connectivity index (χ1) is 10.7. The third-order valence-electron chi connectivity index (χ3n) is 3.34. The van der Waals surface area contributed by atoms with E-state index in [0.717, 1.165) is 16.6 Å². The summed E-state index contributed by atoms with van der Waals surface area (Å²) >= 11 is 0. The second-order valence-electron chi connectivity index (χ2n) is 4.98. The van der Waals surface area contributed by atoms with Gasteiger partial charge in [0.2, 0.25) is 0 Å². The molecule has 0 unspecified atom stereocenters. The van der Waals surface area contributed by atoms with E-state index >= 15 is 0 Å². The summed E-state index contributed by atoms with van der Waals surface area (Å²) in [5, 5.41) is 12.6. The van der Waals surface area contributed by atoms with Gasteiger partial charge < -0.3 is 5.32 Å². The number of rotatable bonds is 2. The first-order valence-electron chi connectivity index (χ1n) is 6.85. The number of hydrogen-bond acceptors (Lipinski definition) is 3. The maximum Gasteiger partial charge on any atom is 0.256 e. The zero-order chi connectivity index (χ0) is 15.5. The van der Waals surface area contributed by atoms with E-state index in [1.807, 2.05) is 31.2 Å². The van der Waals surface area contributed by atoms with Gasteiger partial charge in [-0.1, -0.05) is 24.3 Å². The maximum absolute atomic E-state index is 12.6. The highest BCUT2D eigenvalue weighted by Gasteiger charge is 2.12. The molecule has 0 atom stereocenters. The highest BCUT2D eigenvalue weighted by molar-refractivity contribution is 6.12. The van der Waals surface area contributed by atoms with Crippen molar-refractivity contribution in [1.29, 1.82) is 5.26 Å². The second kappa shape index (κ2) is 5.66. The Labute approximate surface area is 128 Å². The molecule has 0 saturated heterocycles. The van der Waals surface area contributed by atoms with E-state index in [-0.39, 0.29) is 5.91 Å². The lowest BCUT2D eigenvalue weighted by atomic mass is 10.1. The molecule has 3 rings (SSSR count). The molecule has 0 spiro atoms. The van der Waals surface area contributed by atoms with Crippen molar-refractivity contribution in [1.82, 2.24) is 4.98 Å². The normalized spacial score (nSPS) is 10.2. The molecular weight excluding hydrogens is 274 g/mol. The topological polar surface area (TPSA) is 65.8 Å². The van der Waals surface area contributed by atoms with Crippen molar-refractivity contribution < 1.29 is 4.79 Å². The van der Waals surface area contributed by atoms with Crippen LogP contribution in [-0.2, 0) is 0 Å². The van der Waals surface area contributed by atoms with Crippen LogP contribution in [0.2, 0.25) is 0 Å². The molecule has 4 nitrogen and oxygen atoms in total. The van der Waals surface area contributed by atoms with Gasteiger partial charge in [0.1, 0.15) is 0 Å². The van der Waals surface area contributed by atoms with Crippen LogP contribution in [0.3, 0.4) is 0 Å². The molecule has 1 N–H and O–H groups in total. The van der Waals surface area contributed by atoms with Gasteiger partial charge in [0, 0.05) is 16.8 Å². The molecule has 0 fully saturated rings. The Balaban J connectivity index is 2.00. The summed E-state index contributed by atoms with van der Waals surface area (Å²) in [4.78, 5) is 17.0. The van der Waals surface area contributed by atoms with Crippen LogP contribution in [0, 0.1) is 18.3 Å². The molecule has 0 saturated carbocycles. The Morgan fingerprint density at radius 3 is 2.77 bits per heavy atom. The van der Waals surface area contributed by atoms with E-state index in [2.05, 4.69) is 16.4 Å². The monoisotopic (exact) mass is 287 g/mol. The Morgan fingerprint density at radius 2 is 1.95 bits per heavy atom. The summed E-state index contributed by atoms with van der Waals surface area (Å²) in [6.45, 7) is 1.86. The van der Waals surface area contributed by atoms with Crippen molar-refractivity contribution in [2.75, 3.05) is 5.32 Å². The number of hydrogen-bond donors (Lipinski definition) is 1. The van der Waals surface area contributed by atoms with Gasteiger partial charge in [0.05, 0.1) is 22.7 Å². The molecule has 2 aromatic carbocycles. The van der Waals surface area contributed by atoms with Crippen molar-refractivity contribution in [3.63, 3.8) is 0 Å². The number of carbonyl (C=O) groups excluding carboxylic acids is 1. The van der Waals surface area contributed by atoms with Gasteiger partial charge in [-0.05, 0) is 37.3 Å². The number of anilines is 1. The van der Waals surface area contributed by atoms with E-state index in [4.69, 9.17) is 5.26 Å². The molecule has 4 heteroatoms. The van der Waals surface area contributed by atoms with Gasteiger partial charge in [-0.25, -0.2) is 0 Å². The minimum Gasteiger partial charge on any atom is -0.322 e. The lowest BCUT2D eigenvalue weighted by molar-refractivity contribution is 0.102. The molecule has 1 amide bonds. The third kappa shape index (κ3) is 2.65. The molecule has 3 aromatic rings. The highest BCUT2D eigenvalue weighted by Crippen LogP contribution is 2.20. The molecule has 0 radical (unpaired) electrons. The van der Waals surface area contributed by atoms with Crippen molar-refractivity contribution >= 4 is 22.5 Å². The van der Waals surface area contributed by atoms with Crippen LogP contribution < -0.4 is 5.32 Å². The summed E-state index contributed by atoms with van der Waals surface area (Å²) in [6.07, 6.45) is 0. The highest BCUT2D eigenvalue weighted by atomic mass is 16.1. The number of nitriles is 1. The Morgan fingerprint density at radius 1 is 1.14 bits per heavy atom. The number of amides is 1. The number of nitrogens with zero attached hydrogens (tertiary/aromatic N) is 2. The van der Waals surface area contributed by atoms with Crippen molar-refractivity contribution in [3.8, 4) is 6.07 Å². The van der Waals surface area contributed by atoms with E-state index in [9.17, 15) is 4.79 Å². The number of nitrogens with one attached hydrogen (secondary N) is 1. The molecule has 0 bridgehead atoms. The Bertz CT molecular complexity index is 910. The van der Waals surface area contributed by atoms with Crippen molar-refractivity contribution in [2.24, 2.45) is 0 Å². The van der Waals surface area contributed by atoms with E-state index in [1.54, 1.807) is 30.3 Å². The fourth-order valence-electron chi connectivity index (χ4n) is 2.36. The van der Waals surface area contributed by atoms with Crippen LogP contribution in [0.25, 0.3) is 10.9 Å². The predicted molar refractivity (Wildman–Crippen MR) is 85.6 cm³/mol. The molecule has 1 heterocycles. The zero-order valence-electron chi connectivity index (χ0n) is 12.0. The fraction of sp³-hybridized carbons (Fsp3) is 0.0556. The van der Waals surface area contributed by atoms with Gasteiger partial charge in [0.25, 0.3) is 5.91 Å². The number of para-hydroxylation sites is 1. The summed E-state index contributed by atoms with van der Waals surface area (Å²) in [5.41, 5.74) is 3.26. The van der Waals surface area contributed by atoms with Crippen molar-refractivity contribution in [3.05, 3.63) is 71.4 Å². The van der Waals surface area contributed by atoms with Crippen LogP contribution in [-0.4, -0.2) is 10.9 Å². The van der Waals surface area contributed by atoms with Crippen LogP contribution in [0.1, 0.15) is 21.6 Å². The minimum absolute atomic E-state index is 0.211. The third-order valence-corrected chi connectivity index (χ3v) is 3.34. The predicted octanol–water partition coefficient (Wildman–Crippen LogP) is 3.67. The Kier molecular flexibility index (Phi) is 3.55. The lowest BCUT2D eigenvalue weighted by Crippen LogP contribution is -2.13. The fourth-order valence-corrected chi connectivity index (χ4v) is 2.36. The van der Waals surface area contributed by atoms with Crippen LogP contribution in [0.15, 0.2) is 54.6 Å². The summed E-state index contributed by atoms with van der Waals surface area (Å²) in [5.74, 6) is -0.211. The van der Waals surface area contributed by atoms with Crippen molar-refractivity contribution in [2.45, 2.75) is 6.92 Å². The smallest absolute Gasteiger partial charge is 0.256 e. The molecule has 1 aromatic heterocycles. The Hall–Kier alpha value is -3.19. The first kappa shape index (κ1) is 13.8. The van der Waals surface area contributed by atoms with Gasteiger partial charge in [-0.15, -0.1) is 0 Å². The molecule has 0 aliphatic rings. The number of pyridine rings is 1. The number of fused-ring (bicyclic) bond motifs is 1. The minimum atomic E-state index is -0.211.